The maximum absolute atomic E-state index is 11.0. The Morgan fingerprint density at radius 2 is 2.12 bits per heavy atom. The molecule has 1 amide bonds. The molecule has 16 heavy (non-hydrogen) atoms. The lowest BCUT2D eigenvalue weighted by Crippen LogP contribution is -2.46. The van der Waals surface area contributed by atoms with Gasteiger partial charge in [-0.1, -0.05) is 30.3 Å². The van der Waals surface area contributed by atoms with Crippen LogP contribution in [-0.2, 0) is 4.79 Å². The predicted molar refractivity (Wildman–Crippen MR) is 64.0 cm³/mol. The first-order valence-corrected chi connectivity index (χ1v) is 5.83. The molecular formula is C13H18N2O. The van der Waals surface area contributed by atoms with Crippen LogP contribution in [-0.4, -0.2) is 18.5 Å². The highest BCUT2D eigenvalue weighted by Crippen LogP contribution is 2.14. The molecule has 0 spiro atoms. The van der Waals surface area contributed by atoms with Gasteiger partial charge in [-0.05, 0) is 18.9 Å². The summed E-state index contributed by atoms with van der Waals surface area (Å²) in [5, 5.41) is 6.43. The van der Waals surface area contributed by atoms with Crippen LogP contribution in [0.5, 0.6) is 0 Å². The predicted octanol–water partition coefficient (Wildman–Crippen LogP) is 1.62. The molecule has 0 saturated carbocycles. The monoisotopic (exact) mass is 218 g/mol. The Morgan fingerprint density at radius 1 is 1.38 bits per heavy atom. The summed E-state index contributed by atoms with van der Waals surface area (Å²) in [6.45, 7) is 2.90. The summed E-state index contributed by atoms with van der Waals surface area (Å²) in [6, 6.07) is 11.1. The largest absolute Gasteiger partial charge is 0.355 e. The van der Waals surface area contributed by atoms with E-state index < -0.39 is 0 Å². The molecule has 2 rings (SSSR count). The number of rotatable bonds is 3. The molecule has 2 atom stereocenters. The van der Waals surface area contributed by atoms with Gasteiger partial charge in [-0.2, -0.15) is 0 Å². The highest BCUT2D eigenvalue weighted by Gasteiger charge is 2.19. The number of carbonyl (C=O) groups is 1. The number of piperidine rings is 1. The average molecular weight is 218 g/mol. The second-order valence-electron chi connectivity index (χ2n) is 4.34. The second-order valence-corrected chi connectivity index (χ2v) is 4.34. The lowest BCUT2D eigenvalue weighted by molar-refractivity contribution is -0.122. The van der Waals surface area contributed by atoms with Crippen LogP contribution >= 0.6 is 0 Å². The van der Waals surface area contributed by atoms with Crippen LogP contribution in [0.25, 0.3) is 0 Å². The van der Waals surface area contributed by atoms with E-state index in [0.717, 1.165) is 13.0 Å². The second kappa shape index (κ2) is 5.12. The van der Waals surface area contributed by atoms with Gasteiger partial charge in [-0.15, -0.1) is 0 Å². The van der Waals surface area contributed by atoms with Gasteiger partial charge in [0, 0.05) is 25.0 Å². The van der Waals surface area contributed by atoms with E-state index >= 15 is 0 Å². The van der Waals surface area contributed by atoms with Gasteiger partial charge >= 0.3 is 0 Å². The molecule has 0 aromatic heterocycles. The maximum atomic E-state index is 11.0. The number of nitrogens with one attached hydrogen (secondary N) is 2. The first-order valence-electron chi connectivity index (χ1n) is 5.83. The summed E-state index contributed by atoms with van der Waals surface area (Å²) in [5.41, 5.74) is 1.29. The van der Waals surface area contributed by atoms with Crippen LogP contribution in [0.15, 0.2) is 30.3 Å². The van der Waals surface area contributed by atoms with Crippen LogP contribution in [0.2, 0.25) is 0 Å². The average Bonchev–Trinajstić information content (AvgIpc) is 2.33. The molecule has 0 aliphatic carbocycles. The van der Waals surface area contributed by atoms with E-state index in [-0.39, 0.29) is 5.91 Å². The number of benzene rings is 1. The minimum atomic E-state index is 0.172. The molecule has 2 unspecified atom stereocenters. The highest BCUT2D eigenvalue weighted by molar-refractivity contribution is 5.76. The minimum absolute atomic E-state index is 0.172. The summed E-state index contributed by atoms with van der Waals surface area (Å²) >= 11 is 0. The summed E-state index contributed by atoms with van der Waals surface area (Å²) in [4.78, 5) is 11.0. The normalized spacial score (nSPS) is 22.6. The summed E-state index contributed by atoms with van der Waals surface area (Å²) in [7, 11) is 0. The Labute approximate surface area is 96.2 Å². The lowest BCUT2D eigenvalue weighted by Gasteiger charge is -2.27. The summed E-state index contributed by atoms with van der Waals surface area (Å²) in [6.07, 6.45) is 1.57. The summed E-state index contributed by atoms with van der Waals surface area (Å²) < 4.78 is 0. The Kier molecular flexibility index (Phi) is 3.57. The molecule has 1 aliphatic rings. The molecule has 1 aliphatic heterocycles. The van der Waals surface area contributed by atoms with E-state index in [0.29, 0.717) is 18.5 Å². The molecule has 3 nitrogen and oxygen atoms in total. The van der Waals surface area contributed by atoms with Crippen molar-refractivity contribution in [2.45, 2.75) is 31.8 Å². The molecule has 1 saturated heterocycles. The third kappa shape index (κ3) is 2.83. The highest BCUT2D eigenvalue weighted by atomic mass is 16.1. The molecule has 2 N–H and O–H groups in total. The zero-order chi connectivity index (χ0) is 11.4. The van der Waals surface area contributed by atoms with Gasteiger partial charge in [0.15, 0.2) is 0 Å². The van der Waals surface area contributed by atoms with E-state index in [1.807, 2.05) is 6.07 Å². The van der Waals surface area contributed by atoms with Crippen molar-refractivity contribution in [3.8, 4) is 0 Å². The van der Waals surface area contributed by atoms with Crippen molar-refractivity contribution in [2.75, 3.05) is 6.54 Å². The molecule has 0 bridgehead atoms. The number of amides is 1. The van der Waals surface area contributed by atoms with E-state index in [4.69, 9.17) is 0 Å². The topological polar surface area (TPSA) is 41.1 Å². The van der Waals surface area contributed by atoms with E-state index in [2.05, 4.69) is 41.8 Å². The van der Waals surface area contributed by atoms with Gasteiger partial charge in [0.2, 0.25) is 5.91 Å². The van der Waals surface area contributed by atoms with E-state index in [9.17, 15) is 4.79 Å². The van der Waals surface area contributed by atoms with Crippen molar-refractivity contribution in [1.29, 1.82) is 0 Å². The quantitative estimate of drug-likeness (QED) is 0.809. The summed E-state index contributed by atoms with van der Waals surface area (Å²) in [5.74, 6) is 0.172. The van der Waals surface area contributed by atoms with Crippen LogP contribution in [0.4, 0.5) is 0 Å². The smallest absolute Gasteiger partial charge is 0.220 e. The third-order valence-electron chi connectivity index (χ3n) is 3.05. The Morgan fingerprint density at radius 3 is 2.75 bits per heavy atom. The van der Waals surface area contributed by atoms with Crippen molar-refractivity contribution in [3.63, 3.8) is 0 Å². The van der Waals surface area contributed by atoms with Gasteiger partial charge in [-0.25, -0.2) is 0 Å². The van der Waals surface area contributed by atoms with Crippen molar-refractivity contribution < 1.29 is 4.79 Å². The van der Waals surface area contributed by atoms with Crippen molar-refractivity contribution >= 4 is 5.91 Å². The molecule has 86 valence electrons. The molecule has 3 heteroatoms. The minimum Gasteiger partial charge on any atom is -0.355 e. The van der Waals surface area contributed by atoms with Gasteiger partial charge < -0.3 is 10.6 Å². The molecule has 1 aromatic rings. The molecule has 1 heterocycles. The zero-order valence-electron chi connectivity index (χ0n) is 9.57. The molecule has 1 fully saturated rings. The number of hydrogen-bond donors (Lipinski definition) is 2. The third-order valence-corrected chi connectivity index (χ3v) is 3.05. The van der Waals surface area contributed by atoms with E-state index in [1.54, 1.807) is 0 Å². The number of carbonyl (C=O) groups excluding carboxylic acids is 1. The van der Waals surface area contributed by atoms with Crippen molar-refractivity contribution in [2.24, 2.45) is 0 Å². The fourth-order valence-corrected chi connectivity index (χ4v) is 2.07. The van der Waals surface area contributed by atoms with Gasteiger partial charge in [0.05, 0.1) is 0 Å². The number of hydrogen-bond acceptors (Lipinski definition) is 2. The first-order chi connectivity index (χ1) is 7.75. The van der Waals surface area contributed by atoms with Crippen LogP contribution in [0.3, 0.4) is 0 Å². The maximum Gasteiger partial charge on any atom is 0.220 e. The fourth-order valence-electron chi connectivity index (χ4n) is 2.07. The zero-order valence-corrected chi connectivity index (χ0v) is 9.57. The fraction of sp³-hybridized carbons (Fsp3) is 0.462. The van der Waals surface area contributed by atoms with Gasteiger partial charge in [0.1, 0.15) is 0 Å². The Hall–Kier alpha value is -1.35. The van der Waals surface area contributed by atoms with Crippen LogP contribution in [0.1, 0.15) is 31.4 Å². The lowest BCUT2D eigenvalue weighted by atomic mass is 10.0. The van der Waals surface area contributed by atoms with Crippen molar-refractivity contribution in [3.05, 3.63) is 35.9 Å². The molecule has 0 radical (unpaired) electrons. The first kappa shape index (κ1) is 11.1. The van der Waals surface area contributed by atoms with E-state index in [1.165, 1.54) is 5.56 Å². The standard InChI is InChI=1S/C13H18N2O/c1-10(11-5-3-2-4-6-11)15-12-7-8-13(16)14-9-12/h2-6,10,12,15H,7-9H2,1H3,(H,14,16). The van der Waals surface area contributed by atoms with Gasteiger partial charge in [-0.3, -0.25) is 4.79 Å². The van der Waals surface area contributed by atoms with Crippen molar-refractivity contribution in [1.82, 2.24) is 10.6 Å². The van der Waals surface area contributed by atoms with Gasteiger partial charge in [0.25, 0.3) is 0 Å². The molecular weight excluding hydrogens is 200 g/mol. The molecule has 1 aromatic carbocycles. The van der Waals surface area contributed by atoms with Crippen LogP contribution in [0, 0.1) is 0 Å². The Balaban J connectivity index is 1.88. The van der Waals surface area contributed by atoms with Crippen LogP contribution < -0.4 is 10.6 Å². The SMILES string of the molecule is CC(NC1CCC(=O)NC1)c1ccccc1. The Bertz CT molecular complexity index is 340.